The first-order chi connectivity index (χ1) is 12.2. The summed E-state index contributed by atoms with van der Waals surface area (Å²) >= 11 is 0. The predicted molar refractivity (Wildman–Crippen MR) is 92.6 cm³/mol. The number of fused-ring (bicyclic) bond motifs is 1. The minimum absolute atomic E-state index is 0.0770. The molecule has 1 saturated heterocycles. The highest BCUT2D eigenvalue weighted by Crippen LogP contribution is 2.15. The number of hydrogen-bond donors (Lipinski definition) is 0. The average Bonchev–Trinajstić information content (AvgIpc) is 2.68. The number of para-hydroxylation sites is 1. The topological polar surface area (TPSA) is 79.5 Å². The average molecular weight is 336 g/mol. The molecule has 0 spiro atoms. The Kier molecular flexibility index (Phi) is 3.89. The lowest BCUT2D eigenvalue weighted by Gasteiger charge is -2.34. The first-order valence-electron chi connectivity index (χ1n) is 8.06. The summed E-state index contributed by atoms with van der Waals surface area (Å²) in [6.45, 7) is 2.31. The Hall–Kier alpha value is -3.22. The number of anilines is 1. The highest BCUT2D eigenvalue weighted by atomic mass is 16.3. The van der Waals surface area contributed by atoms with Crippen molar-refractivity contribution in [1.29, 1.82) is 0 Å². The fourth-order valence-electron chi connectivity index (χ4n) is 2.93. The van der Waals surface area contributed by atoms with Crippen LogP contribution in [0.25, 0.3) is 11.0 Å². The molecule has 0 atom stereocenters. The molecule has 0 unspecified atom stereocenters. The van der Waals surface area contributed by atoms with Crippen molar-refractivity contribution in [2.24, 2.45) is 0 Å². The number of piperazine rings is 1. The lowest BCUT2D eigenvalue weighted by atomic mass is 10.2. The molecule has 126 valence electrons. The van der Waals surface area contributed by atoms with E-state index in [2.05, 4.69) is 9.97 Å². The molecular weight excluding hydrogens is 320 g/mol. The van der Waals surface area contributed by atoms with Crippen molar-refractivity contribution in [3.05, 3.63) is 64.8 Å². The van der Waals surface area contributed by atoms with E-state index in [1.54, 1.807) is 47.6 Å². The van der Waals surface area contributed by atoms with Crippen LogP contribution in [-0.4, -0.2) is 47.0 Å². The normalized spacial score (nSPS) is 14.7. The molecule has 1 aliphatic rings. The van der Waals surface area contributed by atoms with Crippen LogP contribution in [0, 0.1) is 0 Å². The van der Waals surface area contributed by atoms with E-state index in [1.165, 1.54) is 6.07 Å². The number of nitrogens with zero attached hydrogens (tertiary/aromatic N) is 4. The predicted octanol–water partition coefficient (Wildman–Crippen LogP) is 1.55. The van der Waals surface area contributed by atoms with E-state index >= 15 is 0 Å². The van der Waals surface area contributed by atoms with Gasteiger partial charge in [0.15, 0.2) is 11.2 Å². The maximum atomic E-state index is 12.7. The minimum Gasteiger partial charge on any atom is -0.451 e. The van der Waals surface area contributed by atoms with Gasteiger partial charge in [0.05, 0.1) is 5.39 Å². The molecule has 7 heteroatoms. The molecule has 1 aromatic carbocycles. The molecule has 0 bridgehead atoms. The summed E-state index contributed by atoms with van der Waals surface area (Å²) in [6, 6.07) is 9.97. The molecule has 3 heterocycles. The third kappa shape index (κ3) is 2.96. The molecule has 1 fully saturated rings. The Bertz CT molecular complexity index is 963. The van der Waals surface area contributed by atoms with Gasteiger partial charge in [0, 0.05) is 44.6 Å². The first kappa shape index (κ1) is 15.3. The van der Waals surface area contributed by atoms with Gasteiger partial charge in [-0.2, -0.15) is 0 Å². The maximum Gasteiger partial charge on any atom is 0.289 e. The van der Waals surface area contributed by atoms with Crippen molar-refractivity contribution >= 4 is 22.8 Å². The second-order valence-corrected chi connectivity index (χ2v) is 5.80. The van der Waals surface area contributed by atoms with Crippen molar-refractivity contribution in [3.63, 3.8) is 0 Å². The third-order valence-corrected chi connectivity index (χ3v) is 4.25. The quantitative estimate of drug-likeness (QED) is 0.706. The Balaban J connectivity index is 1.52. The van der Waals surface area contributed by atoms with Gasteiger partial charge in [0.2, 0.25) is 5.95 Å². The number of amides is 1. The maximum absolute atomic E-state index is 12.7. The summed E-state index contributed by atoms with van der Waals surface area (Å²) in [5, 5.41) is 0.477. The monoisotopic (exact) mass is 336 g/mol. The summed E-state index contributed by atoms with van der Waals surface area (Å²) in [7, 11) is 0. The van der Waals surface area contributed by atoms with E-state index < -0.39 is 0 Å². The fraction of sp³-hybridized carbons (Fsp3) is 0.222. The summed E-state index contributed by atoms with van der Waals surface area (Å²) in [5.74, 6) is 0.469. The second kappa shape index (κ2) is 6.35. The molecule has 3 aromatic rings. The van der Waals surface area contributed by atoms with Crippen LogP contribution in [0.5, 0.6) is 0 Å². The van der Waals surface area contributed by atoms with Crippen LogP contribution in [0.3, 0.4) is 0 Å². The largest absolute Gasteiger partial charge is 0.451 e. The number of benzene rings is 1. The Morgan fingerprint density at radius 2 is 1.72 bits per heavy atom. The zero-order valence-electron chi connectivity index (χ0n) is 13.5. The van der Waals surface area contributed by atoms with E-state index in [9.17, 15) is 9.59 Å². The van der Waals surface area contributed by atoms with Crippen LogP contribution >= 0.6 is 0 Å². The van der Waals surface area contributed by atoms with Crippen molar-refractivity contribution in [1.82, 2.24) is 14.9 Å². The fourth-order valence-corrected chi connectivity index (χ4v) is 2.93. The van der Waals surface area contributed by atoms with Crippen LogP contribution in [0.4, 0.5) is 5.95 Å². The molecule has 0 radical (unpaired) electrons. The zero-order chi connectivity index (χ0) is 17.2. The summed E-state index contributed by atoms with van der Waals surface area (Å²) in [6.07, 6.45) is 3.40. The van der Waals surface area contributed by atoms with Gasteiger partial charge in [0.1, 0.15) is 5.58 Å². The molecule has 1 aliphatic heterocycles. The van der Waals surface area contributed by atoms with E-state index in [0.29, 0.717) is 43.1 Å². The number of carbonyl (C=O) groups is 1. The van der Waals surface area contributed by atoms with Gasteiger partial charge < -0.3 is 14.2 Å². The van der Waals surface area contributed by atoms with Crippen LogP contribution in [0.2, 0.25) is 0 Å². The SMILES string of the molecule is O=C(c1cc(=O)c2ccccc2o1)N1CCN(c2ncccn2)CC1. The van der Waals surface area contributed by atoms with Gasteiger partial charge in [0.25, 0.3) is 5.91 Å². The van der Waals surface area contributed by atoms with E-state index in [4.69, 9.17) is 4.42 Å². The van der Waals surface area contributed by atoms with Crippen LogP contribution in [0.1, 0.15) is 10.6 Å². The van der Waals surface area contributed by atoms with Crippen LogP contribution in [0.15, 0.2) is 58.0 Å². The van der Waals surface area contributed by atoms with Gasteiger partial charge >= 0.3 is 0 Å². The summed E-state index contributed by atoms with van der Waals surface area (Å²) < 4.78 is 5.64. The Morgan fingerprint density at radius 1 is 1.00 bits per heavy atom. The molecule has 7 nitrogen and oxygen atoms in total. The van der Waals surface area contributed by atoms with E-state index in [-0.39, 0.29) is 17.1 Å². The standard InChI is InChI=1S/C18H16N4O3/c23-14-12-16(25-15-5-2-1-4-13(14)15)17(24)21-8-10-22(11-9-21)18-19-6-3-7-20-18/h1-7,12H,8-11H2. The smallest absolute Gasteiger partial charge is 0.289 e. The van der Waals surface area contributed by atoms with Crippen molar-refractivity contribution in [2.45, 2.75) is 0 Å². The number of rotatable bonds is 2. The van der Waals surface area contributed by atoms with Crippen molar-refractivity contribution in [2.75, 3.05) is 31.1 Å². The van der Waals surface area contributed by atoms with Crippen molar-refractivity contribution in [3.8, 4) is 0 Å². The zero-order valence-corrected chi connectivity index (χ0v) is 13.5. The van der Waals surface area contributed by atoms with Gasteiger partial charge in [-0.05, 0) is 18.2 Å². The number of hydrogen-bond acceptors (Lipinski definition) is 6. The Morgan fingerprint density at radius 3 is 2.48 bits per heavy atom. The molecule has 1 amide bonds. The molecule has 0 aliphatic carbocycles. The van der Waals surface area contributed by atoms with E-state index in [0.717, 1.165) is 0 Å². The summed E-state index contributed by atoms with van der Waals surface area (Å²) in [4.78, 5) is 37.0. The number of carbonyl (C=O) groups excluding carboxylic acids is 1. The molecule has 25 heavy (non-hydrogen) atoms. The second-order valence-electron chi connectivity index (χ2n) is 5.80. The Labute approximate surface area is 143 Å². The molecule has 2 aromatic heterocycles. The molecular formula is C18H16N4O3. The molecule has 0 saturated carbocycles. The minimum atomic E-state index is -0.267. The molecule has 4 rings (SSSR count). The number of aromatic nitrogens is 2. The highest BCUT2D eigenvalue weighted by molar-refractivity contribution is 5.93. The van der Waals surface area contributed by atoms with E-state index in [1.807, 2.05) is 4.90 Å². The lowest BCUT2D eigenvalue weighted by molar-refractivity contribution is 0.0714. The highest BCUT2D eigenvalue weighted by Gasteiger charge is 2.25. The van der Waals surface area contributed by atoms with Gasteiger partial charge in [-0.1, -0.05) is 12.1 Å². The summed E-state index contributed by atoms with van der Waals surface area (Å²) in [5.41, 5.74) is 0.219. The lowest BCUT2D eigenvalue weighted by Crippen LogP contribution is -2.49. The van der Waals surface area contributed by atoms with Crippen molar-refractivity contribution < 1.29 is 9.21 Å². The molecule has 0 N–H and O–H groups in total. The van der Waals surface area contributed by atoms with Gasteiger partial charge in [-0.25, -0.2) is 9.97 Å². The van der Waals surface area contributed by atoms with Gasteiger partial charge in [-0.3, -0.25) is 9.59 Å². The van der Waals surface area contributed by atoms with Crippen LogP contribution in [-0.2, 0) is 0 Å². The third-order valence-electron chi connectivity index (χ3n) is 4.25. The van der Waals surface area contributed by atoms with Crippen LogP contribution < -0.4 is 10.3 Å². The van der Waals surface area contributed by atoms with Gasteiger partial charge in [-0.15, -0.1) is 0 Å². The first-order valence-corrected chi connectivity index (χ1v) is 8.06.